The van der Waals surface area contributed by atoms with E-state index < -0.39 is 10.0 Å². The molecule has 1 N–H and O–H groups in total. The highest BCUT2D eigenvalue weighted by molar-refractivity contribution is 9.10. The lowest BCUT2D eigenvalue weighted by molar-refractivity contribution is 0.601. The monoisotopic (exact) mass is 371 g/mol. The van der Waals surface area contributed by atoms with Gasteiger partial charge in [0.1, 0.15) is 15.3 Å². The van der Waals surface area contributed by atoms with Crippen LogP contribution in [0.15, 0.2) is 45.9 Å². The van der Waals surface area contributed by atoms with Gasteiger partial charge in [-0.15, -0.1) is 0 Å². The molecule has 0 unspecified atom stereocenters. The van der Waals surface area contributed by atoms with Crippen LogP contribution in [-0.2, 0) is 10.0 Å². The van der Waals surface area contributed by atoms with Crippen molar-refractivity contribution in [2.75, 3.05) is 4.72 Å². The average Bonchev–Trinajstić information content (AvgIpc) is 2.38. The summed E-state index contributed by atoms with van der Waals surface area (Å²) >= 11 is 9.03. The molecule has 2 rings (SSSR count). The van der Waals surface area contributed by atoms with Crippen molar-refractivity contribution in [3.8, 4) is 6.07 Å². The second-order valence-electron chi connectivity index (χ2n) is 3.71. The van der Waals surface area contributed by atoms with Crippen LogP contribution < -0.4 is 4.72 Å². The van der Waals surface area contributed by atoms with Gasteiger partial charge in [0.15, 0.2) is 0 Å². The molecule has 1 heterocycles. The van der Waals surface area contributed by atoms with Gasteiger partial charge in [-0.05, 0) is 46.3 Å². The van der Waals surface area contributed by atoms with Gasteiger partial charge in [0.2, 0.25) is 0 Å². The number of sulfonamides is 1. The zero-order valence-corrected chi connectivity index (χ0v) is 13.0. The Balaban J connectivity index is 2.43. The van der Waals surface area contributed by atoms with Crippen LogP contribution in [0.1, 0.15) is 5.56 Å². The Morgan fingerprint density at radius 1 is 1.30 bits per heavy atom. The lowest BCUT2D eigenvalue weighted by atomic mass is 10.2. The first-order valence-electron chi connectivity index (χ1n) is 5.27. The second kappa shape index (κ2) is 5.79. The summed E-state index contributed by atoms with van der Waals surface area (Å²) in [7, 11) is -3.91. The molecule has 102 valence electrons. The molecule has 0 atom stereocenters. The van der Waals surface area contributed by atoms with Gasteiger partial charge >= 0.3 is 0 Å². The maximum Gasteiger partial charge on any atom is 0.264 e. The van der Waals surface area contributed by atoms with E-state index in [1.54, 1.807) is 12.1 Å². The molecular formula is C12H7BrClN3O2S. The molecule has 5 nitrogen and oxygen atoms in total. The van der Waals surface area contributed by atoms with Crippen LogP contribution in [0, 0.1) is 11.3 Å². The van der Waals surface area contributed by atoms with Crippen molar-refractivity contribution in [3.63, 3.8) is 0 Å². The molecule has 1 aromatic carbocycles. The van der Waals surface area contributed by atoms with E-state index in [1.165, 1.54) is 24.3 Å². The summed E-state index contributed by atoms with van der Waals surface area (Å²) < 4.78 is 27.3. The fourth-order valence-corrected chi connectivity index (χ4v) is 3.31. The van der Waals surface area contributed by atoms with E-state index in [-0.39, 0.29) is 21.3 Å². The minimum Gasteiger partial charge on any atom is -0.263 e. The molecule has 0 amide bonds. The Kier molecular flexibility index (Phi) is 4.28. The van der Waals surface area contributed by atoms with Crippen LogP contribution in [0.4, 0.5) is 5.82 Å². The van der Waals surface area contributed by atoms with Crippen molar-refractivity contribution in [1.82, 2.24) is 4.98 Å². The number of aromatic nitrogens is 1. The van der Waals surface area contributed by atoms with Crippen molar-refractivity contribution < 1.29 is 8.42 Å². The molecule has 0 fully saturated rings. The van der Waals surface area contributed by atoms with Gasteiger partial charge in [-0.25, -0.2) is 13.4 Å². The van der Waals surface area contributed by atoms with Crippen LogP contribution in [0.25, 0.3) is 0 Å². The highest BCUT2D eigenvalue weighted by Gasteiger charge is 2.19. The van der Waals surface area contributed by atoms with Gasteiger partial charge in [0.25, 0.3) is 10.0 Å². The molecule has 0 bridgehead atoms. The first-order valence-corrected chi connectivity index (χ1v) is 7.93. The SMILES string of the molecule is N#Cc1ccc(Cl)c(S(=O)(=O)Nc2cccc(Br)n2)c1. The van der Waals surface area contributed by atoms with E-state index in [9.17, 15) is 8.42 Å². The van der Waals surface area contributed by atoms with Crippen molar-refractivity contribution in [2.24, 2.45) is 0 Å². The Morgan fingerprint density at radius 2 is 2.05 bits per heavy atom. The molecule has 0 saturated carbocycles. The summed E-state index contributed by atoms with van der Waals surface area (Å²) in [5, 5.41) is 8.85. The largest absolute Gasteiger partial charge is 0.264 e. The number of pyridine rings is 1. The summed E-state index contributed by atoms with van der Waals surface area (Å²) in [6.45, 7) is 0. The van der Waals surface area contributed by atoms with Crippen LogP contribution in [-0.4, -0.2) is 13.4 Å². The number of hydrogen-bond donors (Lipinski definition) is 1. The summed E-state index contributed by atoms with van der Waals surface area (Å²) in [6.07, 6.45) is 0. The summed E-state index contributed by atoms with van der Waals surface area (Å²) in [5.74, 6) is 0.151. The highest BCUT2D eigenvalue weighted by Crippen LogP contribution is 2.24. The summed E-state index contributed by atoms with van der Waals surface area (Å²) in [5.41, 5.74) is 0.206. The lowest BCUT2D eigenvalue weighted by Crippen LogP contribution is -2.14. The van der Waals surface area contributed by atoms with Gasteiger partial charge in [0, 0.05) is 0 Å². The molecule has 0 radical (unpaired) electrons. The van der Waals surface area contributed by atoms with Gasteiger partial charge in [-0.1, -0.05) is 17.7 Å². The maximum absolute atomic E-state index is 12.2. The molecule has 0 saturated heterocycles. The maximum atomic E-state index is 12.2. The molecule has 1 aromatic heterocycles. The second-order valence-corrected chi connectivity index (χ2v) is 6.58. The number of rotatable bonds is 3. The molecular weight excluding hydrogens is 366 g/mol. The third-order valence-corrected chi connectivity index (χ3v) is 4.58. The van der Waals surface area contributed by atoms with Crippen LogP contribution >= 0.6 is 27.5 Å². The molecule has 2 aromatic rings. The van der Waals surface area contributed by atoms with Crippen LogP contribution in [0.2, 0.25) is 5.02 Å². The van der Waals surface area contributed by atoms with E-state index in [0.717, 1.165) is 0 Å². The number of nitrogens with zero attached hydrogens (tertiary/aromatic N) is 2. The van der Waals surface area contributed by atoms with Crippen LogP contribution in [0.5, 0.6) is 0 Å². The zero-order valence-electron chi connectivity index (χ0n) is 9.84. The van der Waals surface area contributed by atoms with E-state index >= 15 is 0 Å². The number of benzene rings is 1. The molecule has 0 spiro atoms. The Hall–Kier alpha value is -1.62. The number of hydrogen-bond acceptors (Lipinski definition) is 4. The van der Waals surface area contributed by atoms with E-state index in [2.05, 4.69) is 25.6 Å². The normalized spacial score (nSPS) is 10.8. The van der Waals surface area contributed by atoms with Crippen molar-refractivity contribution >= 4 is 43.4 Å². The van der Waals surface area contributed by atoms with Gasteiger partial charge in [0.05, 0.1) is 16.7 Å². The third-order valence-electron chi connectivity index (χ3n) is 2.30. The first-order chi connectivity index (χ1) is 9.42. The summed E-state index contributed by atoms with van der Waals surface area (Å²) in [4.78, 5) is 3.81. The Bertz CT molecular complexity index is 803. The quantitative estimate of drug-likeness (QED) is 0.839. The highest BCUT2D eigenvalue weighted by atomic mass is 79.9. The molecule has 0 aliphatic carbocycles. The van der Waals surface area contributed by atoms with Crippen LogP contribution in [0.3, 0.4) is 0 Å². The predicted molar refractivity (Wildman–Crippen MR) is 78.9 cm³/mol. The molecule has 20 heavy (non-hydrogen) atoms. The smallest absolute Gasteiger partial charge is 0.263 e. The molecule has 0 aliphatic heterocycles. The predicted octanol–water partition coefficient (Wildman–Crippen LogP) is 3.17. The summed E-state index contributed by atoms with van der Waals surface area (Å²) in [6, 6.07) is 10.7. The van der Waals surface area contributed by atoms with Crippen molar-refractivity contribution in [2.45, 2.75) is 4.90 Å². The third kappa shape index (κ3) is 3.28. The number of nitriles is 1. The van der Waals surface area contributed by atoms with Crippen molar-refractivity contribution in [1.29, 1.82) is 5.26 Å². The van der Waals surface area contributed by atoms with Gasteiger partial charge < -0.3 is 0 Å². The minimum atomic E-state index is -3.91. The Morgan fingerprint density at radius 3 is 2.70 bits per heavy atom. The van der Waals surface area contributed by atoms with Gasteiger partial charge in [-0.2, -0.15) is 5.26 Å². The fourth-order valence-electron chi connectivity index (χ4n) is 1.44. The van der Waals surface area contributed by atoms with Crippen molar-refractivity contribution in [3.05, 3.63) is 51.6 Å². The Labute approximate surface area is 129 Å². The number of halogens is 2. The average molecular weight is 373 g/mol. The fraction of sp³-hybridized carbons (Fsp3) is 0. The topological polar surface area (TPSA) is 82.8 Å². The van der Waals surface area contributed by atoms with Gasteiger partial charge in [-0.3, -0.25) is 4.72 Å². The minimum absolute atomic E-state index is 0.0338. The van der Waals surface area contributed by atoms with E-state index in [4.69, 9.17) is 16.9 Å². The van der Waals surface area contributed by atoms with E-state index in [1.807, 2.05) is 6.07 Å². The first kappa shape index (κ1) is 14.8. The zero-order chi connectivity index (χ0) is 14.8. The van der Waals surface area contributed by atoms with E-state index in [0.29, 0.717) is 4.60 Å². The molecule has 0 aliphatic rings. The standard InChI is InChI=1S/C12H7BrClN3O2S/c13-11-2-1-3-12(16-11)17-20(18,19)10-6-8(7-15)4-5-9(10)14/h1-6H,(H,16,17). The lowest BCUT2D eigenvalue weighted by Gasteiger charge is -2.09. The molecule has 8 heteroatoms. The number of anilines is 1. The number of nitrogens with one attached hydrogen (secondary N) is 1.